The zero-order valence-corrected chi connectivity index (χ0v) is 20.8. The summed E-state index contributed by atoms with van der Waals surface area (Å²) < 4.78 is 56.4. The molecule has 4 aromatic rings. The Morgan fingerprint density at radius 2 is 1.72 bits per heavy atom. The van der Waals surface area contributed by atoms with Gasteiger partial charge in [0.05, 0.1) is 17.0 Å². The first-order valence-electron chi connectivity index (χ1n) is 9.73. The Kier molecular flexibility index (Phi) is 6.36. The third-order valence-corrected chi connectivity index (χ3v) is 5.24. The number of aromatic nitrogens is 4. The number of hydrogen-bond acceptors (Lipinski definition) is 2. The van der Waals surface area contributed by atoms with Crippen molar-refractivity contribution in [3.8, 4) is 22.6 Å². The molecule has 2 aromatic carbocycles. The zero-order valence-electron chi connectivity index (χ0n) is 18.8. The molecule has 0 spiro atoms. The maximum Gasteiger partial charge on any atom is 1.00 e. The van der Waals surface area contributed by atoms with E-state index in [0.29, 0.717) is 16.9 Å². The minimum atomic E-state index is -4.68. The normalized spacial score (nSPS) is 12.3. The molecule has 0 aliphatic heterocycles. The minimum Gasteiger partial charge on any atom is -0.434 e. The van der Waals surface area contributed by atoms with Gasteiger partial charge >= 0.3 is 35.7 Å². The molecule has 0 atom stereocenters. The van der Waals surface area contributed by atoms with E-state index < -0.39 is 23.1 Å². The summed E-state index contributed by atoms with van der Waals surface area (Å²) in [5, 5.41) is 4.61. The number of rotatable bonds is 2. The van der Waals surface area contributed by atoms with E-state index in [0.717, 1.165) is 35.2 Å². The van der Waals surface area contributed by atoms with Gasteiger partial charge in [0.15, 0.2) is 0 Å². The fourth-order valence-electron chi connectivity index (χ4n) is 3.93. The molecule has 0 aliphatic rings. The number of nitrogens with zero attached hydrogens (tertiary/aromatic N) is 4. The number of fused-ring (bicyclic) bond motifs is 1. The van der Waals surface area contributed by atoms with Gasteiger partial charge in [-0.15, -0.1) is 0 Å². The minimum absolute atomic E-state index is 0. The predicted molar refractivity (Wildman–Crippen MR) is 111 cm³/mol. The zero-order chi connectivity index (χ0) is 22.7. The number of imidazole rings is 1. The van der Waals surface area contributed by atoms with Crippen molar-refractivity contribution in [1.29, 1.82) is 0 Å². The first-order valence-corrected chi connectivity index (χ1v) is 9.73. The van der Waals surface area contributed by atoms with Crippen LogP contribution in [0, 0.1) is 12.7 Å². The molecule has 4 nitrogen and oxygen atoms in total. The van der Waals surface area contributed by atoms with E-state index in [2.05, 4.69) is 35.8 Å². The van der Waals surface area contributed by atoms with Crippen molar-refractivity contribution in [2.75, 3.05) is 0 Å². The summed E-state index contributed by atoms with van der Waals surface area (Å²) >= 11 is 0. The molecule has 0 fully saturated rings. The second-order valence-electron chi connectivity index (χ2n) is 8.61. The summed E-state index contributed by atoms with van der Waals surface area (Å²) in [6.45, 7) is 8.14. The molecule has 0 amide bonds. The van der Waals surface area contributed by atoms with Crippen molar-refractivity contribution in [2.45, 2.75) is 39.3 Å². The summed E-state index contributed by atoms with van der Waals surface area (Å²) in [5.74, 6) is -0.508. The molecule has 4 rings (SSSR count). The van der Waals surface area contributed by atoms with Crippen molar-refractivity contribution in [3.63, 3.8) is 0 Å². The van der Waals surface area contributed by atoms with Gasteiger partial charge in [-0.25, -0.2) is 4.39 Å². The van der Waals surface area contributed by atoms with Gasteiger partial charge in [-0.1, -0.05) is 45.0 Å². The van der Waals surface area contributed by atoms with Crippen molar-refractivity contribution in [1.82, 2.24) is 19.7 Å². The monoisotopic (exact) mass is 452 g/mol. The van der Waals surface area contributed by atoms with E-state index in [1.54, 1.807) is 17.8 Å². The maximum atomic E-state index is 14.4. The summed E-state index contributed by atoms with van der Waals surface area (Å²) in [6.07, 6.45) is -4.68. The average Bonchev–Trinajstić information content (AvgIpc) is 3.19. The quantitative estimate of drug-likeness (QED) is 0.347. The van der Waals surface area contributed by atoms with Gasteiger partial charge in [0.2, 0.25) is 0 Å². The molecule has 2 aromatic heterocycles. The van der Waals surface area contributed by atoms with Crippen LogP contribution in [0.15, 0.2) is 36.4 Å². The Labute approximate surface area is 205 Å². The SMILES string of the molecule is Cc1c(C(C)(C)C)nn(C)c1-c1nc2cc(-c3c(F)cccc3C(F)(F)F)ccc2[n-]1.[Na+]. The molecule has 162 valence electrons. The number of hydrogen-bond donors (Lipinski definition) is 0. The topological polar surface area (TPSA) is 44.8 Å². The maximum absolute atomic E-state index is 14.4. The summed E-state index contributed by atoms with van der Waals surface area (Å²) in [5.41, 5.74) is 1.92. The molecule has 0 radical (unpaired) electrons. The molecule has 32 heavy (non-hydrogen) atoms. The summed E-state index contributed by atoms with van der Waals surface area (Å²) in [4.78, 5) is 9.07. The van der Waals surface area contributed by atoms with E-state index in [1.807, 2.05) is 6.92 Å². The first kappa shape index (κ1) is 24.5. The standard InChI is InChI=1S/C23H21F4N4.Na/c1-12-19(31(5)30-20(12)22(2,3)4)21-28-16-10-9-13(11-17(16)29-21)18-14(23(25,26)27)7-6-8-15(18)24;/h6-11H,1-5H3;/q-1;+1. The van der Waals surface area contributed by atoms with Gasteiger partial charge in [-0.3, -0.25) is 4.68 Å². The van der Waals surface area contributed by atoms with Crippen LogP contribution in [-0.4, -0.2) is 14.8 Å². The van der Waals surface area contributed by atoms with Gasteiger partial charge in [-0.05, 0) is 47.0 Å². The number of alkyl halides is 3. The first-order chi connectivity index (χ1) is 14.4. The Bertz CT molecular complexity index is 1300. The van der Waals surface area contributed by atoms with Gasteiger partial charge in [0, 0.05) is 18.0 Å². The Morgan fingerprint density at radius 3 is 2.31 bits per heavy atom. The molecule has 0 N–H and O–H groups in total. The van der Waals surface area contributed by atoms with E-state index in [9.17, 15) is 17.6 Å². The summed E-state index contributed by atoms with van der Waals surface area (Å²) in [7, 11) is 1.80. The van der Waals surface area contributed by atoms with Crippen LogP contribution in [0.1, 0.15) is 37.6 Å². The Hall–Kier alpha value is -2.16. The van der Waals surface area contributed by atoms with Crippen LogP contribution in [0.25, 0.3) is 33.7 Å². The Balaban J connectivity index is 0.00000289. The van der Waals surface area contributed by atoms with Crippen LogP contribution < -0.4 is 34.5 Å². The van der Waals surface area contributed by atoms with Gasteiger partial charge in [-0.2, -0.15) is 18.3 Å². The molecule has 2 heterocycles. The molecular formula is C23H21F4N4Na. The third kappa shape index (κ3) is 4.23. The van der Waals surface area contributed by atoms with Crippen molar-refractivity contribution >= 4 is 11.0 Å². The molecule has 0 unspecified atom stereocenters. The molecular weight excluding hydrogens is 431 g/mol. The molecule has 0 saturated carbocycles. The fraction of sp³-hybridized carbons (Fsp3) is 0.304. The number of aryl methyl sites for hydroxylation is 1. The summed E-state index contributed by atoms with van der Waals surface area (Å²) in [6, 6.07) is 7.38. The van der Waals surface area contributed by atoms with Crippen molar-refractivity contribution in [2.24, 2.45) is 7.05 Å². The van der Waals surface area contributed by atoms with E-state index in [4.69, 9.17) is 0 Å². The van der Waals surface area contributed by atoms with Crippen molar-refractivity contribution in [3.05, 3.63) is 59.0 Å². The van der Waals surface area contributed by atoms with E-state index in [1.165, 1.54) is 12.1 Å². The number of benzene rings is 2. The van der Waals surface area contributed by atoms with Gasteiger partial charge < -0.3 is 9.97 Å². The average molecular weight is 452 g/mol. The largest absolute Gasteiger partial charge is 1.00 e. The smallest absolute Gasteiger partial charge is 0.434 e. The molecule has 0 bridgehead atoms. The van der Waals surface area contributed by atoms with E-state index >= 15 is 0 Å². The Morgan fingerprint density at radius 1 is 1.03 bits per heavy atom. The van der Waals surface area contributed by atoms with Gasteiger partial charge in [0.1, 0.15) is 5.82 Å². The van der Waals surface area contributed by atoms with Crippen LogP contribution in [0.4, 0.5) is 17.6 Å². The van der Waals surface area contributed by atoms with Crippen LogP contribution in [0.3, 0.4) is 0 Å². The molecule has 9 heteroatoms. The van der Waals surface area contributed by atoms with Crippen LogP contribution in [0.2, 0.25) is 0 Å². The fourth-order valence-corrected chi connectivity index (χ4v) is 3.93. The third-order valence-electron chi connectivity index (χ3n) is 5.24. The second kappa shape index (κ2) is 8.32. The van der Waals surface area contributed by atoms with E-state index in [-0.39, 0.29) is 40.5 Å². The second-order valence-corrected chi connectivity index (χ2v) is 8.61. The van der Waals surface area contributed by atoms with Gasteiger partial charge in [0.25, 0.3) is 0 Å². The van der Waals surface area contributed by atoms with Crippen LogP contribution in [0.5, 0.6) is 0 Å². The predicted octanol–water partition coefficient (Wildman–Crippen LogP) is 3.03. The molecule has 0 saturated heterocycles. The van der Waals surface area contributed by atoms with Crippen LogP contribution in [-0.2, 0) is 18.6 Å². The van der Waals surface area contributed by atoms with Crippen LogP contribution >= 0.6 is 0 Å². The number of halogens is 4. The molecule has 0 aliphatic carbocycles. The van der Waals surface area contributed by atoms with Crippen molar-refractivity contribution < 1.29 is 47.1 Å².